The highest BCUT2D eigenvalue weighted by Gasteiger charge is 2.49. The van der Waals surface area contributed by atoms with Gasteiger partial charge in [-0.05, 0) is 67.2 Å². The number of para-hydroxylation sites is 2. The molecule has 6 fully saturated rings. The number of Topliss-reactive ketones (excluding diaryl/α,β-unsaturated/α-hetero) is 2. The van der Waals surface area contributed by atoms with E-state index in [-0.39, 0.29) is 68.9 Å². The van der Waals surface area contributed by atoms with Crippen molar-refractivity contribution in [2.45, 2.75) is 64.8 Å². The molecule has 6 aliphatic heterocycles. The lowest BCUT2D eigenvalue weighted by molar-refractivity contribution is -0.938. The number of hydrogen-bond donors (Lipinski definition) is 2. The highest BCUT2D eigenvalue weighted by Crippen LogP contribution is 2.37. The van der Waals surface area contributed by atoms with Crippen molar-refractivity contribution in [2.75, 3.05) is 62.3 Å². The number of nitrogens with one attached hydrogen (secondary N) is 2. The molecule has 4 bridgehead atoms. The summed E-state index contributed by atoms with van der Waals surface area (Å²) >= 11 is 5.34. The fourth-order valence-corrected chi connectivity index (χ4v) is 10.2. The van der Waals surface area contributed by atoms with E-state index in [0.717, 1.165) is 86.5 Å². The molecule has 6 saturated heterocycles. The lowest BCUT2D eigenvalue weighted by Crippen LogP contribution is -3.00. The number of carbonyl (C=O) groups is 4. The lowest BCUT2D eigenvalue weighted by Gasteiger charge is -2.51. The van der Waals surface area contributed by atoms with Crippen LogP contribution in [-0.4, -0.2) is 96.8 Å². The van der Waals surface area contributed by atoms with Crippen LogP contribution in [0.25, 0.3) is 0 Å². The summed E-state index contributed by atoms with van der Waals surface area (Å²) < 4.78 is 12.9. The Bertz CT molecular complexity index is 2550. The first-order chi connectivity index (χ1) is 33.8. The molecule has 0 aromatic heterocycles. The van der Waals surface area contributed by atoms with Crippen molar-refractivity contribution in [3.05, 3.63) is 204 Å². The number of piperidine rings is 6. The topological polar surface area (TPSA) is 114 Å². The molecule has 6 aromatic rings. The van der Waals surface area contributed by atoms with Crippen LogP contribution in [0.15, 0.2) is 182 Å². The van der Waals surface area contributed by atoms with Gasteiger partial charge in [0.2, 0.25) is 5.78 Å². The predicted molar refractivity (Wildman–Crippen MR) is 286 cm³/mol. The van der Waals surface area contributed by atoms with Crippen LogP contribution in [0.4, 0.5) is 11.4 Å². The first kappa shape index (κ1) is 56.6. The number of rotatable bonds is 15. The third kappa shape index (κ3) is 15.4. The van der Waals surface area contributed by atoms with Crippen LogP contribution in [0, 0.1) is 11.8 Å². The summed E-state index contributed by atoms with van der Waals surface area (Å²) in [5.41, 5.74) is 5.03. The first-order valence-corrected chi connectivity index (χ1v) is 24.7. The molecule has 0 saturated carbocycles. The number of ether oxygens (including phenoxy) is 2. The molecule has 2 N–H and O–H groups in total. The number of halogens is 2. The Kier molecular flexibility index (Phi) is 22.1. The van der Waals surface area contributed by atoms with Crippen molar-refractivity contribution in [1.29, 1.82) is 0 Å². The van der Waals surface area contributed by atoms with Gasteiger partial charge in [0, 0.05) is 47.8 Å². The molecule has 6 aliphatic rings. The van der Waals surface area contributed by atoms with E-state index in [4.69, 9.17) is 21.1 Å². The number of esters is 2. The number of benzene rings is 6. The molecule has 0 amide bonds. The average molecular weight is 1010 g/mol. The van der Waals surface area contributed by atoms with Crippen molar-refractivity contribution in [1.82, 2.24) is 4.90 Å². The molecule has 0 radical (unpaired) electrons. The highest BCUT2D eigenvalue weighted by molar-refractivity contribution is 6.30. The van der Waals surface area contributed by atoms with E-state index in [2.05, 4.69) is 15.5 Å². The quantitative estimate of drug-likeness (QED) is 0.0452. The molecule has 72 heavy (non-hydrogen) atoms. The van der Waals surface area contributed by atoms with E-state index < -0.39 is 12.1 Å². The Labute approximate surface area is 438 Å². The van der Waals surface area contributed by atoms with Crippen molar-refractivity contribution in [3.8, 4) is 0 Å². The van der Waals surface area contributed by atoms with Gasteiger partial charge in [-0.1, -0.05) is 173 Å². The fraction of sp³-hybridized carbons (Fsp3) is 0.333. The molecule has 12 heteroatoms. The zero-order valence-corrected chi connectivity index (χ0v) is 40.9. The molecule has 12 rings (SSSR count). The number of ketones is 2. The van der Waals surface area contributed by atoms with Gasteiger partial charge < -0.3 is 37.0 Å². The van der Waals surface area contributed by atoms with Gasteiger partial charge in [-0.3, -0.25) is 14.5 Å². The minimum absolute atomic E-state index is 0. The summed E-state index contributed by atoms with van der Waals surface area (Å²) in [4.78, 5) is 52.7. The van der Waals surface area contributed by atoms with Gasteiger partial charge in [0.1, 0.15) is 19.2 Å². The summed E-state index contributed by atoms with van der Waals surface area (Å²) in [5.74, 6) is 0.631. The van der Waals surface area contributed by atoms with Crippen molar-refractivity contribution < 1.29 is 45.5 Å². The molecule has 10 nitrogen and oxygen atoms in total. The summed E-state index contributed by atoms with van der Waals surface area (Å²) in [6, 6.07) is 56.6. The van der Waals surface area contributed by atoms with E-state index in [1.807, 2.05) is 170 Å². The van der Waals surface area contributed by atoms with E-state index in [1.165, 1.54) is 0 Å². The zero-order valence-electron chi connectivity index (χ0n) is 39.4. The summed E-state index contributed by atoms with van der Waals surface area (Å²) in [7, 11) is 0. The standard InChI is InChI=1S/C29H31N2O3.C21H24N2O2.C8H7ClO.2CH4.ClH/c32-26(22-10-4-1-5-11-22)20-31-18-16-23(17-19-31)27(21-31)34-29(33)28(24-12-6-2-7-13-24)30-25-14-8-3-9-15-25;24-21(25-19-15-23-13-11-16(19)12-14-23)20(17-7-3-1-4-8-17)22-18-9-5-2-6-10-18;9-6-8(10)7-4-2-1-3-5-7;;;/h1-15,23,27-28,30H,16-21H2;1-10,16,19-20,22H,11-15H2;1-5H,6H2;2*1H4;1H/q+1;;;;;/p-1/t23?,27-,28+,31?;19-,20+;;;;/m00..../s1. The van der Waals surface area contributed by atoms with E-state index >= 15 is 0 Å². The highest BCUT2D eigenvalue weighted by atomic mass is 35.5. The van der Waals surface area contributed by atoms with Crippen molar-refractivity contribution >= 4 is 46.5 Å². The monoisotopic (exact) mass is 1010 g/mol. The lowest BCUT2D eigenvalue weighted by atomic mass is 9.82. The molecule has 0 unspecified atom stereocenters. The van der Waals surface area contributed by atoms with Gasteiger partial charge in [0.05, 0.1) is 19.0 Å². The zero-order chi connectivity index (χ0) is 47.8. The number of fused-ring (bicyclic) bond motifs is 6. The van der Waals surface area contributed by atoms with Crippen LogP contribution in [0.3, 0.4) is 0 Å². The van der Waals surface area contributed by atoms with E-state index in [0.29, 0.717) is 35.0 Å². The molecular weight excluding hydrogens is 944 g/mol. The van der Waals surface area contributed by atoms with Crippen LogP contribution in [0.1, 0.15) is 84.5 Å². The molecular formula is C60H70Cl2N4O6. The van der Waals surface area contributed by atoms with E-state index in [9.17, 15) is 19.2 Å². The smallest absolute Gasteiger partial charge is 0.333 e. The van der Waals surface area contributed by atoms with Gasteiger partial charge in [0.15, 0.2) is 24.0 Å². The number of carbonyl (C=O) groups excluding carboxylic acids is 4. The Morgan fingerprint density at radius 3 is 1.31 bits per heavy atom. The van der Waals surface area contributed by atoms with Gasteiger partial charge in [0.25, 0.3) is 0 Å². The minimum atomic E-state index is -0.585. The second-order valence-corrected chi connectivity index (χ2v) is 18.7. The van der Waals surface area contributed by atoms with Crippen LogP contribution in [0.5, 0.6) is 0 Å². The maximum Gasteiger partial charge on any atom is 0.333 e. The summed E-state index contributed by atoms with van der Waals surface area (Å²) in [6.07, 6.45) is 4.12. The Hall–Kier alpha value is -6.30. The molecule has 6 aromatic carbocycles. The average Bonchev–Trinajstić information content (AvgIpc) is 3.41. The molecule has 6 heterocycles. The molecule has 0 aliphatic carbocycles. The maximum atomic E-state index is 13.5. The van der Waals surface area contributed by atoms with Crippen molar-refractivity contribution in [3.63, 3.8) is 0 Å². The number of nitrogens with zero attached hydrogens (tertiary/aromatic N) is 2. The molecule has 380 valence electrons. The van der Waals surface area contributed by atoms with Crippen LogP contribution in [-0.2, 0) is 19.1 Å². The number of quaternary nitrogens is 1. The largest absolute Gasteiger partial charge is 1.00 e. The summed E-state index contributed by atoms with van der Waals surface area (Å²) in [6.45, 7) is 6.29. The van der Waals surface area contributed by atoms with Crippen molar-refractivity contribution in [2.24, 2.45) is 11.8 Å². The van der Waals surface area contributed by atoms with Gasteiger partial charge in [-0.2, -0.15) is 0 Å². The molecule has 4 atom stereocenters. The first-order valence-electron chi connectivity index (χ1n) is 24.2. The maximum absolute atomic E-state index is 13.5. The summed E-state index contributed by atoms with van der Waals surface area (Å²) in [5, 5.41) is 6.70. The Balaban J connectivity index is 0.000000223. The predicted octanol–water partition coefficient (Wildman–Crippen LogP) is 8.74. The SMILES string of the molecule is C.C.O=C(CCl)c1ccccc1.O=C(C[N+]12CCC(CC1)[C@@H](OC(=O)[C@H](Nc1ccccc1)c1ccccc1)C2)c1ccccc1.O=C(O[C@H]1CN2CCC1CC2)[C@H](Nc1ccccc1)c1ccccc1.[Cl-]. The second-order valence-electron chi connectivity index (χ2n) is 18.5. The number of anilines is 2. The van der Waals surface area contributed by atoms with Crippen LogP contribution < -0.4 is 23.0 Å². The normalized spacial score (nSPS) is 21.8. The minimum Gasteiger partial charge on any atom is -1.00 e. The van der Waals surface area contributed by atoms with Gasteiger partial charge in [-0.15, -0.1) is 11.6 Å². The number of alkyl halides is 1. The third-order valence-corrected chi connectivity index (χ3v) is 14.1. The van der Waals surface area contributed by atoms with Gasteiger partial charge in [-0.25, -0.2) is 9.59 Å². The second kappa shape index (κ2) is 28.1. The van der Waals surface area contributed by atoms with Crippen LogP contribution in [0.2, 0.25) is 0 Å². The fourth-order valence-electron chi connectivity index (χ4n) is 10.0. The number of hydrogen-bond acceptors (Lipinski definition) is 9. The molecule has 0 spiro atoms. The van der Waals surface area contributed by atoms with Crippen LogP contribution >= 0.6 is 11.6 Å². The third-order valence-electron chi connectivity index (χ3n) is 13.9. The Morgan fingerprint density at radius 1 is 0.528 bits per heavy atom. The van der Waals surface area contributed by atoms with E-state index in [1.54, 1.807) is 12.1 Å². The van der Waals surface area contributed by atoms with Gasteiger partial charge >= 0.3 is 11.9 Å². The Morgan fingerprint density at radius 2 is 0.903 bits per heavy atom.